The predicted molar refractivity (Wildman–Crippen MR) is 94.0 cm³/mol. The summed E-state index contributed by atoms with van der Waals surface area (Å²) in [4.78, 5) is 24.0. The van der Waals surface area contributed by atoms with Crippen LogP contribution in [0, 0.1) is 0 Å². The summed E-state index contributed by atoms with van der Waals surface area (Å²) in [6.45, 7) is 2.25. The zero-order valence-corrected chi connectivity index (χ0v) is 14.6. The second-order valence-corrected chi connectivity index (χ2v) is 5.97. The number of aromatic hydroxyl groups is 2. The minimum absolute atomic E-state index is 0.138. The zero-order chi connectivity index (χ0) is 19.4. The number of phenols is 2. The van der Waals surface area contributed by atoms with Gasteiger partial charge in [0.1, 0.15) is 30.3 Å². The molecule has 8 nitrogen and oxygen atoms in total. The van der Waals surface area contributed by atoms with Crippen LogP contribution in [0.15, 0.2) is 36.4 Å². The van der Waals surface area contributed by atoms with E-state index in [1.807, 2.05) is 6.07 Å². The first-order valence-electron chi connectivity index (χ1n) is 8.32. The Balaban J connectivity index is 1.55. The predicted octanol–water partition coefficient (Wildman–Crippen LogP) is 1.90. The summed E-state index contributed by atoms with van der Waals surface area (Å²) in [5, 5.41) is 21.6. The van der Waals surface area contributed by atoms with Gasteiger partial charge in [-0.1, -0.05) is 6.07 Å². The van der Waals surface area contributed by atoms with E-state index in [1.165, 1.54) is 12.1 Å². The largest absolute Gasteiger partial charge is 0.508 e. The molecule has 0 aliphatic carbocycles. The summed E-state index contributed by atoms with van der Waals surface area (Å²) >= 11 is 0. The lowest BCUT2D eigenvalue weighted by molar-refractivity contribution is -0.124. The monoisotopic (exact) mass is 373 g/mol. The van der Waals surface area contributed by atoms with Gasteiger partial charge in [0.2, 0.25) is 0 Å². The van der Waals surface area contributed by atoms with Gasteiger partial charge < -0.3 is 29.7 Å². The Morgan fingerprint density at radius 1 is 1.11 bits per heavy atom. The van der Waals surface area contributed by atoms with E-state index >= 15 is 0 Å². The van der Waals surface area contributed by atoms with Gasteiger partial charge in [-0.3, -0.25) is 4.79 Å². The fourth-order valence-corrected chi connectivity index (χ4v) is 2.60. The smallest absolute Gasteiger partial charge is 0.342 e. The first kappa shape index (κ1) is 18.4. The first-order valence-corrected chi connectivity index (χ1v) is 8.32. The van der Waals surface area contributed by atoms with E-state index in [4.69, 9.17) is 14.2 Å². The van der Waals surface area contributed by atoms with Crippen LogP contribution in [0.3, 0.4) is 0 Å². The lowest BCUT2D eigenvalue weighted by Gasteiger charge is -2.21. The molecule has 1 amide bonds. The Labute approximate surface area is 155 Å². The van der Waals surface area contributed by atoms with Crippen molar-refractivity contribution in [1.82, 2.24) is 5.32 Å². The highest BCUT2D eigenvalue weighted by Crippen LogP contribution is 2.32. The second kappa shape index (κ2) is 7.86. The minimum atomic E-state index is -0.866. The molecule has 0 radical (unpaired) electrons. The van der Waals surface area contributed by atoms with E-state index in [-0.39, 0.29) is 17.4 Å². The number of hydrogen-bond acceptors (Lipinski definition) is 7. The van der Waals surface area contributed by atoms with Crippen molar-refractivity contribution < 1.29 is 34.0 Å². The molecule has 1 atom stereocenters. The SMILES string of the molecule is C[C@H](NC(=O)COC(=O)c1ccc(O)cc1O)c1ccc2c(c1)OCCO2. The van der Waals surface area contributed by atoms with E-state index in [0.29, 0.717) is 24.7 Å². The Morgan fingerprint density at radius 2 is 1.85 bits per heavy atom. The maximum atomic E-state index is 12.0. The van der Waals surface area contributed by atoms with Crippen LogP contribution in [0.25, 0.3) is 0 Å². The Bertz CT molecular complexity index is 865. The van der Waals surface area contributed by atoms with E-state index in [9.17, 15) is 19.8 Å². The minimum Gasteiger partial charge on any atom is -0.508 e. The average molecular weight is 373 g/mol. The molecule has 27 heavy (non-hydrogen) atoms. The molecule has 1 heterocycles. The number of carbonyl (C=O) groups excluding carboxylic acids is 2. The maximum Gasteiger partial charge on any atom is 0.342 e. The van der Waals surface area contributed by atoms with Gasteiger partial charge in [0.25, 0.3) is 5.91 Å². The fourth-order valence-electron chi connectivity index (χ4n) is 2.60. The summed E-state index contributed by atoms with van der Waals surface area (Å²) in [5.74, 6) is -0.695. The first-order chi connectivity index (χ1) is 12.9. The van der Waals surface area contributed by atoms with E-state index in [1.54, 1.807) is 19.1 Å². The third-order valence-electron chi connectivity index (χ3n) is 3.98. The van der Waals surface area contributed by atoms with Crippen LogP contribution in [-0.2, 0) is 9.53 Å². The van der Waals surface area contributed by atoms with Gasteiger partial charge >= 0.3 is 5.97 Å². The lowest BCUT2D eigenvalue weighted by atomic mass is 10.1. The molecule has 0 bridgehead atoms. The molecule has 0 fully saturated rings. The molecule has 2 aromatic rings. The Kier molecular flexibility index (Phi) is 5.35. The Morgan fingerprint density at radius 3 is 2.59 bits per heavy atom. The van der Waals surface area contributed by atoms with Gasteiger partial charge in [-0.15, -0.1) is 0 Å². The molecule has 1 aliphatic heterocycles. The van der Waals surface area contributed by atoms with Crippen molar-refractivity contribution in [3.63, 3.8) is 0 Å². The fraction of sp³-hybridized carbons (Fsp3) is 0.263. The van der Waals surface area contributed by atoms with Crippen LogP contribution >= 0.6 is 0 Å². The molecule has 2 aromatic carbocycles. The number of phenolic OH excluding ortho intramolecular Hbond substituents is 2. The highest BCUT2D eigenvalue weighted by molar-refractivity contribution is 5.94. The summed E-state index contributed by atoms with van der Waals surface area (Å²) in [6, 6.07) is 8.51. The van der Waals surface area contributed by atoms with Crippen LogP contribution in [0.4, 0.5) is 0 Å². The Hall–Kier alpha value is -3.42. The molecule has 0 aromatic heterocycles. The number of esters is 1. The molecule has 0 spiro atoms. The highest BCUT2D eigenvalue weighted by Gasteiger charge is 2.18. The molecular formula is C19H19NO7. The van der Waals surface area contributed by atoms with Crippen molar-refractivity contribution in [2.75, 3.05) is 19.8 Å². The van der Waals surface area contributed by atoms with E-state index < -0.39 is 24.2 Å². The summed E-state index contributed by atoms with van der Waals surface area (Å²) in [6.07, 6.45) is 0. The van der Waals surface area contributed by atoms with Crippen LogP contribution in [-0.4, -0.2) is 41.9 Å². The molecule has 1 aliphatic rings. The molecule has 142 valence electrons. The number of carbonyl (C=O) groups is 2. The van der Waals surface area contributed by atoms with Crippen molar-refractivity contribution >= 4 is 11.9 Å². The molecule has 3 rings (SSSR count). The summed E-state index contributed by atoms with van der Waals surface area (Å²) in [5.41, 5.74) is 0.676. The highest BCUT2D eigenvalue weighted by atomic mass is 16.6. The van der Waals surface area contributed by atoms with Gasteiger partial charge in [0.15, 0.2) is 18.1 Å². The third-order valence-corrected chi connectivity index (χ3v) is 3.98. The lowest BCUT2D eigenvalue weighted by Crippen LogP contribution is -2.31. The molecule has 0 saturated carbocycles. The number of rotatable bonds is 5. The zero-order valence-electron chi connectivity index (χ0n) is 14.6. The number of ether oxygens (including phenoxy) is 3. The van der Waals surface area contributed by atoms with Crippen molar-refractivity contribution in [3.8, 4) is 23.0 Å². The number of amides is 1. The third kappa shape index (κ3) is 4.41. The molecular weight excluding hydrogens is 354 g/mol. The van der Waals surface area contributed by atoms with Gasteiger partial charge in [0.05, 0.1) is 6.04 Å². The van der Waals surface area contributed by atoms with Crippen molar-refractivity contribution in [2.45, 2.75) is 13.0 Å². The van der Waals surface area contributed by atoms with Gasteiger partial charge in [-0.25, -0.2) is 4.79 Å². The van der Waals surface area contributed by atoms with E-state index in [0.717, 1.165) is 11.6 Å². The number of fused-ring (bicyclic) bond motifs is 1. The molecule has 0 saturated heterocycles. The number of hydrogen-bond donors (Lipinski definition) is 3. The quantitative estimate of drug-likeness (QED) is 0.686. The standard InChI is InChI=1S/C19H19NO7/c1-11(12-2-5-16-17(8-12)26-7-6-25-16)20-18(23)10-27-19(24)14-4-3-13(21)9-15(14)22/h2-5,8-9,11,21-22H,6-7,10H2,1H3,(H,20,23)/t11-/m0/s1. The van der Waals surface area contributed by atoms with Gasteiger partial charge in [-0.05, 0) is 36.8 Å². The average Bonchev–Trinajstić information content (AvgIpc) is 2.65. The van der Waals surface area contributed by atoms with Crippen LogP contribution in [0.1, 0.15) is 28.9 Å². The van der Waals surface area contributed by atoms with Crippen molar-refractivity contribution in [2.24, 2.45) is 0 Å². The van der Waals surface area contributed by atoms with Crippen LogP contribution in [0.5, 0.6) is 23.0 Å². The maximum absolute atomic E-state index is 12.0. The summed E-state index contributed by atoms with van der Waals surface area (Å²) < 4.78 is 15.9. The molecule has 0 unspecified atom stereocenters. The topological polar surface area (TPSA) is 114 Å². The molecule has 8 heteroatoms. The van der Waals surface area contributed by atoms with Crippen LogP contribution < -0.4 is 14.8 Å². The second-order valence-electron chi connectivity index (χ2n) is 5.97. The summed E-state index contributed by atoms with van der Waals surface area (Å²) in [7, 11) is 0. The van der Waals surface area contributed by atoms with Crippen molar-refractivity contribution in [3.05, 3.63) is 47.5 Å². The van der Waals surface area contributed by atoms with Gasteiger partial charge in [0, 0.05) is 6.07 Å². The van der Waals surface area contributed by atoms with Gasteiger partial charge in [-0.2, -0.15) is 0 Å². The van der Waals surface area contributed by atoms with Crippen LogP contribution in [0.2, 0.25) is 0 Å². The normalized spacial score (nSPS) is 13.5. The van der Waals surface area contributed by atoms with E-state index in [2.05, 4.69) is 5.32 Å². The number of nitrogens with one attached hydrogen (secondary N) is 1. The number of benzene rings is 2. The molecule has 3 N–H and O–H groups in total. The van der Waals surface area contributed by atoms with Crippen molar-refractivity contribution in [1.29, 1.82) is 0 Å².